The van der Waals surface area contributed by atoms with Gasteiger partial charge in [-0.1, -0.05) is 24.3 Å². The Labute approximate surface area is 129 Å². The summed E-state index contributed by atoms with van der Waals surface area (Å²) in [6.45, 7) is 2.37. The minimum Gasteiger partial charge on any atom is -0.486 e. The van der Waals surface area contributed by atoms with Crippen LogP contribution in [0.5, 0.6) is 5.75 Å². The van der Waals surface area contributed by atoms with Gasteiger partial charge in [0.1, 0.15) is 12.4 Å². The second-order valence-corrected chi connectivity index (χ2v) is 5.63. The van der Waals surface area contributed by atoms with Crippen LogP contribution in [0.25, 0.3) is 0 Å². The first kappa shape index (κ1) is 15.0. The zero-order valence-corrected chi connectivity index (χ0v) is 12.3. The number of benzene rings is 2. The predicted octanol–water partition coefficient (Wildman–Crippen LogP) is 4.01. The highest BCUT2D eigenvalue weighted by Crippen LogP contribution is 2.26. The van der Waals surface area contributed by atoms with E-state index in [1.807, 2.05) is 12.1 Å². The summed E-state index contributed by atoms with van der Waals surface area (Å²) >= 11 is 0. The van der Waals surface area contributed by atoms with Crippen molar-refractivity contribution in [3.05, 3.63) is 65.2 Å². The summed E-state index contributed by atoms with van der Waals surface area (Å²) in [5, 5.41) is 3.36. The number of hydrogen-bond donors (Lipinski definition) is 1. The smallest absolute Gasteiger partial charge is 0.167 e. The molecule has 1 heterocycles. The van der Waals surface area contributed by atoms with Gasteiger partial charge in [0, 0.05) is 6.07 Å². The molecule has 1 aliphatic rings. The van der Waals surface area contributed by atoms with E-state index in [4.69, 9.17) is 4.74 Å². The third kappa shape index (κ3) is 3.63. The first-order valence-electron chi connectivity index (χ1n) is 7.60. The number of ether oxygens (including phenoxy) is 1. The summed E-state index contributed by atoms with van der Waals surface area (Å²) in [6.07, 6.45) is 2.27. The molecule has 1 fully saturated rings. The van der Waals surface area contributed by atoms with Gasteiger partial charge in [-0.25, -0.2) is 8.78 Å². The van der Waals surface area contributed by atoms with Crippen LogP contribution in [0.1, 0.15) is 29.9 Å². The van der Waals surface area contributed by atoms with E-state index in [-0.39, 0.29) is 12.4 Å². The minimum absolute atomic E-state index is 0.0775. The maximum absolute atomic E-state index is 13.6. The lowest BCUT2D eigenvalue weighted by molar-refractivity contribution is 0.289. The van der Waals surface area contributed by atoms with E-state index < -0.39 is 11.6 Å². The van der Waals surface area contributed by atoms with Crippen molar-refractivity contribution in [1.29, 1.82) is 0 Å². The molecule has 0 aliphatic carbocycles. The molecule has 0 spiro atoms. The lowest BCUT2D eigenvalue weighted by atomic mass is 9.89. The van der Waals surface area contributed by atoms with Crippen molar-refractivity contribution in [1.82, 2.24) is 5.32 Å². The third-order valence-electron chi connectivity index (χ3n) is 4.05. The molecule has 22 heavy (non-hydrogen) atoms. The van der Waals surface area contributed by atoms with E-state index in [9.17, 15) is 8.78 Å². The molecular formula is C18H19F2NO. The fourth-order valence-corrected chi connectivity index (χ4v) is 2.85. The van der Waals surface area contributed by atoms with Crippen molar-refractivity contribution in [2.24, 2.45) is 0 Å². The van der Waals surface area contributed by atoms with Gasteiger partial charge in [-0.3, -0.25) is 0 Å². The van der Waals surface area contributed by atoms with Crippen LogP contribution in [0.3, 0.4) is 0 Å². The molecule has 0 radical (unpaired) electrons. The summed E-state index contributed by atoms with van der Waals surface area (Å²) in [5.41, 5.74) is 2.31. The van der Waals surface area contributed by atoms with E-state index in [2.05, 4.69) is 17.4 Å². The Morgan fingerprint density at radius 1 is 1.05 bits per heavy atom. The fraction of sp³-hybridized carbons (Fsp3) is 0.333. The first-order valence-corrected chi connectivity index (χ1v) is 7.60. The standard InChI is InChI=1S/C18H19F2NO/c19-16-4-5-18(17(20)11-16)22-12-13-2-1-3-15(10-13)14-6-8-21-9-7-14/h1-5,10-11,14,21H,6-9,12H2. The van der Waals surface area contributed by atoms with Gasteiger partial charge in [-0.05, 0) is 55.1 Å². The third-order valence-corrected chi connectivity index (χ3v) is 4.05. The van der Waals surface area contributed by atoms with Crippen LogP contribution < -0.4 is 10.1 Å². The fourth-order valence-electron chi connectivity index (χ4n) is 2.85. The Balaban J connectivity index is 1.67. The van der Waals surface area contributed by atoms with Crippen LogP contribution >= 0.6 is 0 Å². The molecule has 1 N–H and O–H groups in total. The van der Waals surface area contributed by atoms with Crippen molar-refractivity contribution in [3.63, 3.8) is 0 Å². The molecule has 2 aromatic rings. The maximum atomic E-state index is 13.6. The van der Waals surface area contributed by atoms with E-state index in [1.54, 1.807) is 0 Å². The number of halogens is 2. The summed E-state index contributed by atoms with van der Waals surface area (Å²) < 4.78 is 31.9. The van der Waals surface area contributed by atoms with Gasteiger partial charge >= 0.3 is 0 Å². The van der Waals surface area contributed by atoms with Crippen LogP contribution in [0.15, 0.2) is 42.5 Å². The largest absolute Gasteiger partial charge is 0.486 e. The monoisotopic (exact) mass is 303 g/mol. The summed E-state index contributed by atoms with van der Waals surface area (Å²) in [7, 11) is 0. The van der Waals surface area contributed by atoms with E-state index in [0.717, 1.165) is 37.6 Å². The molecule has 116 valence electrons. The molecule has 1 saturated heterocycles. The summed E-state index contributed by atoms with van der Waals surface area (Å²) in [4.78, 5) is 0. The molecule has 3 rings (SSSR count). The van der Waals surface area contributed by atoms with Crippen molar-refractivity contribution >= 4 is 0 Å². The van der Waals surface area contributed by atoms with Crippen molar-refractivity contribution in [2.75, 3.05) is 13.1 Å². The minimum atomic E-state index is -0.672. The SMILES string of the molecule is Fc1ccc(OCc2cccc(C3CCNCC3)c2)c(F)c1. The quantitative estimate of drug-likeness (QED) is 0.921. The molecule has 0 amide bonds. The lowest BCUT2D eigenvalue weighted by Crippen LogP contribution is -2.26. The zero-order chi connectivity index (χ0) is 15.4. The Morgan fingerprint density at radius 2 is 1.86 bits per heavy atom. The van der Waals surface area contributed by atoms with Crippen LogP contribution in [-0.2, 0) is 6.61 Å². The maximum Gasteiger partial charge on any atom is 0.167 e. The number of hydrogen-bond acceptors (Lipinski definition) is 2. The van der Waals surface area contributed by atoms with Gasteiger partial charge in [-0.15, -0.1) is 0 Å². The highest BCUT2D eigenvalue weighted by Gasteiger charge is 2.15. The molecule has 2 nitrogen and oxygen atoms in total. The van der Waals surface area contributed by atoms with Crippen LogP contribution in [0.2, 0.25) is 0 Å². The van der Waals surface area contributed by atoms with Gasteiger partial charge in [0.2, 0.25) is 0 Å². The second-order valence-electron chi connectivity index (χ2n) is 5.63. The molecule has 0 aromatic heterocycles. The van der Waals surface area contributed by atoms with Crippen LogP contribution in [0, 0.1) is 11.6 Å². The topological polar surface area (TPSA) is 21.3 Å². The second kappa shape index (κ2) is 6.88. The highest BCUT2D eigenvalue weighted by molar-refractivity contribution is 5.28. The molecule has 4 heteroatoms. The van der Waals surface area contributed by atoms with Gasteiger partial charge in [0.15, 0.2) is 11.6 Å². The lowest BCUT2D eigenvalue weighted by Gasteiger charge is -2.23. The molecule has 1 aliphatic heterocycles. The Kier molecular flexibility index (Phi) is 4.68. The summed E-state index contributed by atoms with van der Waals surface area (Å²) in [5.74, 6) is -0.621. The van der Waals surface area contributed by atoms with Gasteiger partial charge < -0.3 is 10.1 Å². The normalized spacial score (nSPS) is 15.7. The molecule has 0 atom stereocenters. The summed E-state index contributed by atoms with van der Waals surface area (Å²) in [6, 6.07) is 11.6. The van der Waals surface area contributed by atoms with Gasteiger partial charge in [0.05, 0.1) is 0 Å². The highest BCUT2D eigenvalue weighted by atomic mass is 19.1. The Bertz CT molecular complexity index is 639. The molecule has 0 unspecified atom stereocenters. The van der Waals surface area contributed by atoms with Crippen LogP contribution in [0.4, 0.5) is 8.78 Å². The average Bonchev–Trinajstić information content (AvgIpc) is 2.55. The molecule has 2 aromatic carbocycles. The molecular weight excluding hydrogens is 284 g/mol. The Morgan fingerprint density at radius 3 is 2.64 bits per heavy atom. The average molecular weight is 303 g/mol. The predicted molar refractivity (Wildman–Crippen MR) is 82.0 cm³/mol. The Hall–Kier alpha value is -1.94. The zero-order valence-electron chi connectivity index (χ0n) is 12.3. The number of rotatable bonds is 4. The number of nitrogens with one attached hydrogen (secondary N) is 1. The molecule has 0 bridgehead atoms. The van der Waals surface area contributed by atoms with E-state index >= 15 is 0 Å². The van der Waals surface area contributed by atoms with Crippen molar-refractivity contribution in [2.45, 2.75) is 25.4 Å². The van der Waals surface area contributed by atoms with Crippen molar-refractivity contribution in [3.8, 4) is 5.75 Å². The first-order chi connectivity index (χ1) is 10.7. The number of piperidine rings is 1. The van der Waals surface area contributed by atoms with Crippen LogP contribution in [-0.4, -0.2) is 13.1 Å². The van der Waals surface area contributed by atoms with Gasteiger partial charge in [-0.2, -0.15) is 0 Å². The molecule has 0 saturated carbocycles. The van der Waals surface area contributed by atoms with Gasteiger partial charge in [0.25, 0.3) is 0 Å². The van der Waals surface area contributed by atoms with E-state index in [0.29, 0.717) is 5.92 Å². The van der Waals surface area contributed by atoms with Crippen molar-refractivity contribution < 1.29 is 13.5 Å². The van der Waals surface area contributed by atoms with E-state index in [1.165, 1.54) is 17.7 Å².